The van der Waals surface area contributed by atoms with Crippen LogP contribution in [0, 0.1) is 4.77 Å². The Morgan fingerprint density at radius 2 is 2.12 bits per heavy atom. The van der Waals surface area contributed by atoms with Gasteiger partial charge in [-0.1, -0.05) is 12.5 Å². The van der Waals surface area contributed by atoms with Gasteiger partial charge in [-0.2, -0.15) is 5.10 Å². The summed E-state index contributed by atoms with van der Waals surface area (Å²) >= 11 is 5.54. The molecule has 1 saturated heterocycles. The summed E-state index contributed by atoms with van der Waals surface area (Å²) in [6.45, 7) is 7.27. The summed E-state index contributed by atoms with van der Waals surface area (Å²) in [5.74, 6) is 2.29. The molecule has 0 aromatic carbocycles. The Kier molecular flexibility index (Phi) is 4.80. The van der Waals surface area contributed by atoms with Gasteiger partial charge in [0.1, 0.15) is 18.0 Å². The number of hydrogen-bond acceptors (Lipinski definition) is 5. The maximum absolute atomic E-state index is 5.54. The lowest BCUT2D eigenvalue weighted by Crippen LogP contribution is -2.29. The molecule has 0 N–H and O–H groups in total. The summed E-state index contributed by atoms with van der Waals surface area (Å²) in [6, 6.07) is 0.311. The Balaban J connectivity index is 1.56. The maximum atomic E-state index is 5.54. The predicted octanol–water partition coefficient (Wildman–Crippen LogP) is 2.71. The van der Waals surface area contributed by atoms with Gasteiger partial charge in [-0.3, -0.25) is 4.90 Å². The van der Waals surface area contributed by atoms with Crippen LogP contribution in [0.2, 0.25) is 0 Å². The zero-order chi connectivity index (χ0) is 17.2. The third-order valence-corrected chi connectivity index (χ3v) is 5.68. The quantitative estimate of drug-likeness (QED) is 0.607. The fourth-order valence-corrected chi connectivity index (χ4v) is 4.17. The molecule has 7 nitrogen and oxygen atoms in total. The Bertz CT molecular complexity index is 802. The lowest BCUT2D eigenvalue weighted by atomic mass is 10.2. The van der Waals surface area contributed by atoms with Gasteiger partial charge in [-0.15, -0.1) is 16.8 Å². The Morgan fingerprint density at radius 3 is 3.00 bits per heavy atom. The van der Waals surface area contributed by atoms with Gasteiger partial charge in [0, 0.05) is 26.1 Å². The Hall–Kier alpha value is -1.80. The molecule has 134 valence electrons. The standard InChI is InChI=1S/C17H25N7S/c1-2-9-21-12-18-24(17(21)25)13-22-10-6-7-14(22)16-20-19-15-8-4-3-5-11-23(15)16/h2,12,14H,1,3-11,13H2/t14-/m0/s1. The Morgan fingerprint density at radius 1 is 1.20 bits per heavy atom. The largest absolute Gasteiger partial charge is 0.314 e. The number of allylic oxidation sites excluding steroid dienone is 1. The third kappa shape index (κ3) is 3.20. The molecule has 0 spiro atoms. The second-order valence-electron chi connectivity index (χ2n) is 6.90. The number of nitrogens with zero attached hydrogens (tertiary/aromatic N) is 7. The molecule has 0 unspecified atom stereocenters. The highest BCUT2D eigenvalue weighted by molar-refractivity contribution is 7.71. The molecule has 25 heavy (non-hydrogen) atoms. The van der Waals surface area contributed by atoms with E-state index in [9.17, 15) is 0 Å². The van der Waals surface area contributed by atoms with Gasteiger partial charge in [0.05, 0.1) is 12.7 Å². The van der Waals surface area contributed by atoms with Crippen molar-refractivity contribution in [3.63, 3.8) is 0 Å². The molecule has 0 aliphatic carbocycles. The first-order valence-electron chi connectivity index (χ1n) is 9.17. The Labute approximate surface area is 153 Å². The van der Waals surface area contributed by atoms with Crippen LogP contribution in [0.25, 0.3) is 0 Å². The van der Waals surface area contributed by atoms with Crippen LogP contribution in [0.1, 0.15) is 49.8 Å². The van der Waals surface area contributed by atoms with E-state index in [1.807, 2.05) is 15.3 Å². The minimum atomic E-state index is 0.311. The van der Waals surface area contributed by atoms with Crippen LogP contribution in [-0.4, -0.2) is 40.6 Å². The van der Waals surface area contributed by atoms with Crippen molar-refractivity contribution >= 4 is 12.2 Å². The van der Waals surface area contributed by atoms with Crippen LogP contribution >= 0.6 is 12.2 Å². The second kappa shape index (κ2) is 7.21. The molecule has 2 aliphatic rings. The van der Waals surface area contributed by atoms with E-state index in [0.29, 0.717) is 19.3 Å². The summed E-state index contributed by atoms with van der Waals surface area (Å²) in [7, 11) is 0. The summed E-state index contributed by atoms with van der Waals surface area (Å²) in [4.78, 5) is 2.43. The molecule has 2 aromatic heterocycles. The highest BCUT2D eigenvalue weighted by Crippen LogP contribution is 2.32. The van der Waals surface area contributed by atoms with Gasteiger partial charge in [-0.05, 0) is 37.9 Å². The van der Waals surface area contributed by atoms with Crippen molar-refractivity contribution in [1.82, 2.24) is 34.0 Å². The number of aryl methyl sites for hydroxylation is 1. The molecular formula is C17H25N7S. The number of rotatable bonds is 5. The van der Waals surface area contributed by atoms with E-state index in [4.69, 9.17) is 12.2 Å². The maximum Gasteiger partial charge on any atom is 0.199 e. The number of aromatic nitrogens is 6. The van der Waals surface area contributed by atoms with Crippen molar-refractivity contribution in [2.24, 2.45) is 0 Å². The molecule has 8 heteroatoms. The van der Waals surface area contributed by atoms with E-state index in [1.165, 1.54) is 25.7 Å². The molecule has 0 amide bonds. The van der Waals surface area contributed by atoms with Crippen molar-refractivity contribution in [2.75, 3.05) is 6.54 Å². The molecule has 0 saturated carbocycles. The van der Waals surface area contributed by atoms with Gasteiger partial charge in [0.2, 0.25) is 0 Å². The summed E-state index contributed by atoms with van der Waals surface area (Å²) in [5, 5.41) is 13.5. The highest BCUT2D eigenvalue weighted by atomic mass is 32.1. The van der Waals surface area contributed by atoms with Gasteiger partial charge in [0.25, 0.3) is 0 Å². The van der Waals surface area contributed by atoms with Crippen LogP contribution in [0.5, 0.6) is 0 Å². The minimum absolute atomic E-state index is 0.311. The lowest BCUT2D eigenvalue weighted by Gasteiger charge is -2.24. The molecule has 0 radical (unpaired) electrons. The fourth-order valence-electron chi connectivity index (χ4n) is 3.95. The van der Waals surface area contributed by atoms with Crippen LogP contribution in [0.15, 0.2) is 19.0 Å². The summed E-state index contributed by atoms with van der Waals surface area (Å²) < 4.78 is 6.95. The van der Waals surface area contributed by atoms with Crippen molar-refractivity contribution in [2.45, 2.75) is 64.3 Å². The van der Waals surface area contributed by atoms with E-state index in [2.05, 4.69) is 31.3 Å². The molecule has 4 heterocycles. The molecular weight excluding hydrogens is 334 g/mol. The number of hydrogen-bond donors (Lipinski definition) is 0. The lowest BCUT2D eigenvalue weighted by molar-refractivity contribution is 0.180. The molecule has 2 aliphatic heterocycles. The first-order chi connectivity index (χ1) is 12.3. The van der Waals surface area contributed by atoms with Crippen molar-refractivity contribution < 1.29 is 0 Å². The van der Waals surface area contributed by atoms with E-state index in [0.717, 1.165) is 42.4 Å². The van der Waals surface area contributed by atoms with Crippen molar-refractivity contribution in [3.05, 3.63) is 35.4 Å². The van der Waals surface area contributed by atoms with Crippen LogP contribution in [0.3, 0.4) is 0 Å². The summed E-state index contributed by atoms with van der Waals surface area (Å²) in [5.41, 5.74) is 0. The van der Waals surface area contributed by atoms with E-state index in [-0.39, 0.29) is 0 Å². The van der Waals surface area contributed by atoms with Gasteiger partial charge >= 0.3 is 0 Å². The first-order valence-corrected chi connectivity index (χ1v) is 9.58. The molecule has 2 aromatic rings. The van der Waals surface area contributed by atoms with E-state index >= 15 is 0 Å². The summed E-state index contributed by atoms with van der Waals surface area (Å²) in [6.07, 6.45) is 10.7. The van der Waals surface area contributed by atoms with Gasteiger partial charge in [0.15, 0.2) is 4.77 Å². The highest BCUT2D eigenvalue weighted by Gasteiger charge is 2.31. The third-order valence-electron chi connectivity index (χ3n) is 5.24. The van der Waals surface area contributed by atoms with Gasteiger partial charge < -0.3 is 9.13 Å². The number of fused-ring (bicyclic) bond motifs is 1. The van der Waals surface area contributed by atoms with E-state index < -0.39 is 0 Å². The monoisotopic (exact) mass is 359 g/mol. The minimum Gasteiger partial charge on any atom is -0.314 e. The normalized spacial score (nSPS) is 21.2. The van der Waals surface area contributed by atoms with Crippen LogP contribution < -0.4 is 0 Å². The molecule has 0 bridgehead atoms. The smallest absolute Gasteiger partial charge is 0.199 e. The fraction of sp³-hybridized carbons (Fsp3) is 0.647. The van der Waals surface area contributed by atoms with E-state index in [1.54, 1.807) is 6.33 Å². The molecule has 4 rings (SSSR count). The first kappa shape index (κ1) is 16.7. The van der Waals surface area contributed by atoms with Crippen LogP contribution in [0.4, 0.5) is 0 Å². The average Bonchev–Trinajstić information content (AvgIpc) is 3.26. The van der Waals surface area contributed by atoms with Crippen LogP contribution in [-0.2, 0) is 26.2 Å². The average molecular weight is 360 g/mol. The predicted molar refractivity (Wildman–Crippen MR) is 97.5 cm³/mol. The van der Waals surface area contributed by atoms with Gasteiger partial charge in [-0.25, -0.2) is 4.68 Å². The SMILES string of the molecule is C=CCn1cnn(CN2CCC[C@H]2c2nnc3n2CCCCC3)c1=S. The zero-order valence-corrected chi connectivity index (χ0v) is 15.4. The topological polar surface area (TPSA) is 56.7 Å². The van der Waals surface area contributed by atoms with Crippen molar-refractivity contribution in [1.29, 1.82) is 0 Å². The molecule has 1 atom stereocenters. The zero-order valence-electron chi connectivity index (χ0n) is 14.5. The second-order valence-corrected chi connectivity index (χ2v) is 7.27. The van der Waals surface area contributed by atoms with Crippen molar-refractivity contribution in [3.8, 4) is 0 Å². The molecule has 1 fully saturated rings. The number of likely N-dealkylation sites (tertiary alicyclic amines) is 1.